The van der Waals surface area contributed by atoms with Gasteiger partial charge in [0.2, 0.25) is 0 Å². The molecule has 1 aromatic heterocycles. The largest absolute Gasteiger partial charge is 0.381 e. The van der Waals surface area contributed by atoms with Crippen LogP contribution >= 0.6 is 0 Å². The van der Waals surface area contributed by atoms with Gasteiger partial charge in [0.05, 0.1) is 11.7 Å². The minimum atomic E-state index is 0.570. The SMILES string of the molecule is Nc1nnn(C2CCCC2)c1C1CCCC1. The quantitative estimate of drug-likeness (QED) is 0.833. The van der Waals surface area contributed by atoms with Gasteiger partial charge in [-0.2, -0.15) is 0 Å². The molecule has 16 heavy (non-hydrogen) atoms. The van der Waals surface area contributed by atoms with Gasteiger partial charge in [-0.3, -0.25) is 0 Å². The molecule has 0 aliphatic heterocycles. The molecular formula is C12H20N4. The summed E-state index contributed by atoms with van der Waals surface area (Å²) in [4.78, 5) is 0. The van der Waals surface area contributed by atoms with E-state index < -0.39 is 0 Å². The number of nitrogen functional groups attached to an aromatic ring is 1. The molecule has 2 fully saturated rings. The van der Waals surface area contributed by atoms with Gasteiger partial charge in [-0.1, -0.05) is 30.9 Å². The summed E-state index contributed by atoms with van der Waals surface area (Å²) in [6.07, 6.45) is 10.4. The van der Waals surface area contributed by atoms with Crippen LogP contribution in [0, 0.1) is 0 Å². The molecule has 2 saturated carbocycles. The molecule has 88 valence electrons. The number of hydrogen-bond acceptors (Lipinski definition) is 3. The molecule has 0 spiro atoms. The molecule has 0 atom stereocenters. The fourth-order valence-electron chi connectivity index (χ4n) is 3.33. The Kier molecular flexibility index (Phi) is 2.58. The molecule has 2 aliphatic carbocycles. The Morgan fingerprint density at radius 2 is 1.62 bits per heavy atom. The Labute approximate surface area is 96.2 Å². The van der Waals surface area contributed by atoms with Gasteiger partial charge in [0.1, 0.15) is 0 Å². The van der Waals surface area contributed by atoms with E-state index in [0.717, 1.165) is 0 Å². The standard InChI is InChI=1S/C12H20N4/c13-12-11(9-5-1-2-6-9)16(15-14-12)10-7-3-4-8-10/h9-10H,1-8,13H2. The molecule has 2 N–H and O–H groups in total. The van der Waals surface area contributed by atoms with Crippen LogP contribution in [0.5, 0.6) is 0 Å². The molecule has 0 saturated heterocycles. The highest BCUT2D eigenvalue weighted by Gasteiger charge is 2.28. The second kappa shape index (κ2) is 4.07. The molecule has 4 heteroatoms. The predicted molar refractivity (Wildman–Crippen MR) is 63.1 cm³/mol. The molecule has 2 aliphatic rings. The first-order chi connectivity index (χ1) is 7.86. The average Bonchev–Trinajstić information content (AvgIpc) is 2.96. The van der Waals surface area contributed by atoms with Crippen molar-refractivity contribution in [2.45, 2.75) is 63.3 Å². The zero-order valence-corrected chi connectivity index (χ0v) is 9.73. The maximum Gasteiger partial charge on any atom is 0.169 e. The normalized spacial score (nSPS) is 23.2. The zero-order valence-electron chi connectivity index (χ0n) is 9.73. The Morgan fingerprint density at radius 3 is 2.31 bits per heavy atom. The second-order valence-corrected chi connectivity index (χ2v) is 5.22. The maximum atomic E-state index is 5.99. The number of rotatable bonds is 2. The highest BCUT2D eigenvalue weighted by molar-refractivity contribution is 5.36. The average molecular weight is 220 g/mol. The first kappa shape index (κ1) is 10.1. The van der Waals surface area contributed by atoms with Crippen molar-refractivity contribution in [1.82, 2.24) is 15.0 Å². The van der Waals surface area contributed by atoms with Crippen LogP contribution in [0.3, 0.4) is 0 Å². The van der Waals surface area contributed by atoms with Crippen LogP contribution in [0.4, 0.5) is 5.82 Å². The predicted octanol–water partition coefficient (Wildman–Crippen LogP) is 2.63. The molecule has 0 radical (unpaired) electrons. The summed E-state index contributed by atoms with van der Waals surface area (Å²) in [6, 6.07) is 0.570. The van der Waals surface area contributed by atoms with Crippen LogP contribution < -0.4 is 5.73 Å². The first-order valence-corrected chi connectivity index (χ1v) is 6.57. The zero-order chi connectivity index (χ0) is 11.0. The van der Waals surface area contributed by atoms with Gasteiger partial charge in [-0.05, 0) is 25.7 Å². The minimum Gasteiger partial charge on any atom is -0.381 e. The van der Waals surface area contributed by atoms with Gasteiger partial charge in [0.15, 0.2) is 5.82 Å². The first-order valence-electron chi connectivity index (χ1n) is 6.57. The lowest BCUT2D eigenvalue weighted by molar-refractivity contribution is 0.425. The molecular weight excluding hydrogens is 200 g/mol. The van der Waals surface area contributed by atoms with Gasteiger partial charge < -0.3 is 5.73 Å². The Balaban J connectivity index is 1.91. The van der Waals surface area contributed by atoms with Crippen molar-refractivity contribution < 1.29 is 0 Å². The van der Waals surface area contributed by atoms with E-state index in [0.29, 0.717) is 17.8 Å². The summed E-state index contributed by atoms with van der Waals surface area (Å²) in [5.41, 5.74) is 7.23. The molecule has 4 nitrogen and oxygen atoms in total. The lowest BCUT2D eigenvalue weighted by Gasteiger charge is -2.17. The van der Waals surface area contributed by atoms with Crippen LogP contribution in [-0.2, 0) is 0 Å². The maximum absolute atomic E-state index is 5.99. The third-order valence-corrected chi connectivity index (χ3v) is 4.17. The Morgan fingerprint density at radius 1 is 1.00 bits per heavy atom. The van der Waals surface area contributed by atoms with E-state index in [4.69, 9.17) is 5.73 Å². The third kappa shape index (κ3) is 1.60. The van der Waals surface area contributed by atoms with E-state index >= 15 is 0 Å². The van der Waals surface area contributed by atoms with Crippen LogP contribution in [0.1, 0.15) is 69.0 Å². The summed E-state index contributed by atoms with van der Waals surface area (Å²) in [6.45, 7) is 0. The summed E-state index contributed by atoms with van der Waals surface area (Å²) >= 11 is 0. The molecule has 0 aromatic carbocycles. The summed E-state index contributed by atoms with van der Waals surface area (Å²) < 4.78 is 2.15. The van der Waals surface area contributed by atoms with Crippen LogP contribution in [-0.4, -0.2) is 15.0 Å². The fraction of sp³-hybridized carbons (Fsp3) is 0.833. The number of aromatic nitrogens is 3. The number of nitrogens with zero attached hydrogens (tertiary/aromatic N) is 3. The van der Waals surface area contributed by atoms with Crippen molar-refractivity contribution >= 4 is 5.82 Å². The minimum absolute atomic E-state index is 0.570. The van der Waals surface area contributed by atoms with Gasteiger partial charge in [0.25, 0.3) is 0 Å². The molecule has 1 aromatic rings. The monoisotopic (exact) mass is 220 g/mol. The number of anilines is 1. The van der Waals surface area contributed by atoms with Gasteiger partial charge in [0, 0.05) is 5.92 Å². The summed E-state index contributed by atoms with van der Waals surface area (Å²) in [5, 5.41) is 8.38. The van der Waals surface area contributed by atoms with Gasteiger partial charge >= 0.3 is 0 Å². The van der Waals surface area contributed by atoms with Crippen molar-refractivity contribution in [3.63, 3.8) is 0 Å². The molecule has 3 rings (SSSR count). The molecule has 0 bridgehead atoms. The van der Waals surface area contributed by atoms with Crippen LogP contribution in [0.15, 0.2) is 0 Å². The van der Waals surface area contributed by atoms with Crippen molar-refractivity contribution in [2.75, 3.05) is 5.73 Å². The van der Waals surface area contributed by atoms with Gasteiger partial charge in [-0.15, -0.1) is 5.10 Å². The highest BCUT2D eigenvalue weighted by Crippen LogP contribution is 2.39. The summed E-state index contributed by atoms with van der Waals surface area (Å²) in [7, 11) is 0. The third-order valence-electron chi connectivity index (χ3n) is 4.17. The summed E-state index contributed by atoms with van der Waals surface area (Å²) in [5.74, 6) is 1.30. The highest BCUT2D eigenvalue weighted by atomic mass is 15.5. The smallest absolute Gasteiger partial charge is 0.169 e. The lowest BCUT2D eigenvalue weighted by Crippen LogP contribution is -2.13. The van der Waals surface area contributed by atoms with Crippen molar-refractivity contribution in [3.8, 4) is 0 Å². The Bertz CT molecular complexity index is 359. The molecule has 1 heterocycles. The van der Waals surface area contributed by atoms with Crippen LogP contribution in [0.25, 0.3) is 0 Å². The van der Waals surface area contributed by atoms with E-state index in [1.807, 2.05) is 0 Å². The molecule has 0 unspecified atom stereocenters. The number of hydrogen-bond donors (Lipinski definition) is 1. The second-order valence-electron chi connectivity index (χ2n) is 5.22. The van der Waals surface area contributed by atoms with E-state index in [1.165, 1.54) is 57.1 Å². The Hall–Kier alpha value is -1.06. The van der Waals surface area contributed by atoms with Crippen molar-refractivity contribution in [3.05, 3.63) is 5.69 Å². The van der Waals surface area contributed by atoms with Crippen LogP contribution in [0.2, 0.25) is 0 Å². The fourth-order valence-corrected chi connectivity index (χ4v) is 3.33. The van der Waals surface area contributed by atoms with Crippen molar-refractivity contribution in [1.29, 1.82) is 0 Å². The van der Waals surface area contributed by atoms with E-state index in [2.05, 4.69) is 15.0 Å². The van der Waals surface area contributed by atoms with Gasteiger partial charge in [-0.25, -0.2) is 4.68 Å². The topological polar surface area (TPSA) is 56.7 Å². The van der Waals surface area contributed by atoms with E-state index in [9.17, 15) is 0 Å². The lowest BCUT2D eigenvalue weighted by atomic mass is 10.0. The number of nitrogens with two attached hydrogens (primary N) is 1. The molecule has 0 amide bonds. The van der Waals surface area contributed by atoms with E-state index in [1.54, 1.807) is 0 Å². The van der Waals surface area contributed by atoms with Crippen molar-refractivity contribution in [2.24, 2.45) is 0 Å². The van der Waals surface area contributed by atoms with E-state index in [-0.39, 0.29) is 0 Å².